The molecule has 2 fully saturated rings. The number of aromatic nitrogens is 2. The highest BCUT2D eigenvalue weighted by Crippen LogP contribution is 2.33. The Bertz CT molecular complexity index is 1080. The minimum absolute atomic E-state index is 0.280. The molecule has 37 heavy (non-hydrogen) atoms. The Morgan fingerprint density at radius 1 is 1.19 bits per heavy atom. The van der Waals surface area contributed by atoms with E-state index in [4.69, 9.17) is 21.1 Å². The Morgan fingerprint density at radius 2 is 1.92 bits per heavy atom. The number of nitriles is 1. The van der Waals surface area contributed by atoms with Crippen LogP contribution in [0.1, 0.15) is 45.4 Å². The third-order valence-electron chi connectivity index (χ3n) is 7.33. The van der Waals surface area contributed by atoms with Crippen molar-refractivity contribution in [2.75, 3.05) is 44.1 Å². The van der Waals surface area contributed by atoms with Crippen molar-refractivity contribution in [3.8, 4) is 17.2 Å². The van der Waals surface area contributed by atoms with Crippen LogP contribution in [0.3, 0.4) is 0 Å². The van der Waals surface area contributed by atoms with E-state index in [0.29, 0.717) is 73.9 Å². The first-order chi connectivity index (χ1) is 17.9. The van der Waals surface area contributed by atoms with E-state index in [2.05, 4.69) is 38.9 Å². The van der Waals surface area contributed by atoms with Crippen LogP contribution in [0.2, 0.25) is 5.15 Å². The van der Waals surface area contributed by atoms with E-state index in [-0.39, 0.29) is 11.2 Å². The van der Waals surface area contributed by atoms with Gasteiger partial charge in [0, 0.05) is 62.3 Å². The van der Waals surface area contributed by atoms with Gasteiger partial charge in [-0.3, -0.25) is 0 Å². The SMILES string of the molecule is COC[C@@H](C)NC1CCC(Nc2cc(-c3cnc(Cl)c(NCC4(C#N)CCOCC4)c3)c(F)cn2)CC1. The summed E-state index contributed by atoms with van der Waals surface area (Å²) in [6, 6.07) is 7.03. The molecule has 1 atom stereocenters. The summed E-state index contributed by atoms with van der Waals surface area (Å²) in [4.78, 5) is 8.55. The number of halogens is 2. The topological polar surface area (TPSA) is 104 Å². The highest BCUT2D eigenvalue weighted by atomic mass is 35.5. The predicted octanol–water partition coefficient (Wildman–Crippen LogP) is 5.02. The van der Waals surface area contributed by atoms with Crippen LogP contribution in [0.15, 0.2) is 24.5 Å². The van der Waals surface area contributed by atoms with Crippen molar-refractivity contribution in [1.82, 2.24) is 15.3 Å². The van der Waals surface area contributed by atoms with Crippen molar-refractivity contribution in [1.29, 1.82) is 5.26 Å². The molecule has 3 heterocycles. The molecular weight excluding hydrogens is 495 g/mol. The fourth-order valence-corrected chi connectivity index (χ4v) is 5.30. The molecule has 8 nitrogen and oxygen atoms in total. The number of nitrogens with zero attached hydrogens (tertiary/aromatic N) is 3. The van der Waals surface area contributed by atoms with Crippen LogP contribution in [0.4, 0.5) is 15.9 Å². The van der Waals surface area contributed by atoms with Crippen LogP contribution in [-0.4, -0.2) is 61.6 Å². The number of ether oxygens (including phenoxy) is 2. The standard InChI is InChI=1S/C27H36ClFN6O2/c1-18(15-36-2)34-20-3-5-21(6-4-20)35-25-12-22(23(29)14-31-25)19-11-24(26(28)32-13-19)33-17-27(16-30)7-9-37-10-8-27/h11-14,18,20-21,33-34H,3-10,15,17H2,1-2H3,(H,31,35)/t18-,20?,21?/m1/s1. The van der Waals surface area contributed by atoms with E-state index in [0.717, 1.165) is 25.7 Å². The summed E-state index contributed by atoms with van der Waals surface area (Å²) >= 11 is 6.34. The first-order valence-electron chi connectivity index (χ1n) is 13.0. The molecule has 2 aromatic heterocycles. The third kappa shape index (κ3) is 7.29. The average molecular weight is 531 g/mol. The van der Waals surface area contributed by atoms with E-state index in [1.165, 1.54) is 6.20 Å². The highest BCUT2D eigenvalue weighted by molar-refractivity contribution is 6.32. The summed E-state index contributed by atoms with van der Waals surface area (Å²) in [6.07, 6.45) is 8.24. The van der Waals surface area contributed by atoms with Gasteiger partial charge >= 0.3 is 0 Å². The zero-order chi connectivity index (χ0) is 26.3. The molecule has 1 saturated heterocycles. The minimum atomic E-state index is -0.521. The van der Waals surface area contributed by atoms with E-state index >= 15 is 0 Å². The second-order valence-corrected chi connectivity index (χ2v) is 10.5. The largest absolute Gasteiger partial charge is 0.383 e. The molecule has 2 aromatic rings. The molecule has 0 unspecified atom stereocenters. The fourth-order valence-electron chi connectivity index (χ4n) is 5.13. The smallest absolute Gasteiger partial charge is 0.152 e. The number of nitrogens with one attached hydrogen (secondary N) is 3. The Kier molecular flexibility index (Phi) is 9.54. The van der Waals surface area contributed by atoms with Crippen molar-refractivity contribution >= 4 is 23.1 Å². The van der Waals surface area contributed by atoms with Gasteiger partial charge in [0.15, 0.2) is 5.15 Å². The van der Waals surface area contributed by atoms with Gasteiger partial charge in [-0.05, 0) is 57.6 Å². The van der Waals surface area contributed by atoms with Crippen molar-refractivity contribution in [2.45, 2.75) is 63.6 Å². The molecule has 0 spiro atoms. The molecule has 0 amide bonds. The second-order valence-electron chi connectivity index (χ2n) is 10.2. The van der Waals surface area contributed by atoms with Gasteiger partial charge in [-0.25, -0.2) is 14.4 Å². The number of pyridine rings is 2. The van der Waals surface area contributed by atoms with E-state index in [9.17, 15) is 9.65 Å². The normalized spacial score (nSPS) is 22.1. The summed E-state index contributed by atoms with van der Waals surface area (Å²) in [5.41, 5.74) is 1.04. The van der Waals surface area contributed by atoms with Crippen molar-refractivity contribution in [2.24, 2.45) is 5.41 Å². The minimum Gasteiger partial charge on any atom is -0.383 e. The summed E-state index contributed by atoms with van der Waals surface area (Å²) in [5, 5.41) is 20.4. The van der Waals surface area contributed by atoms with Crippen molar-refractivity contribution in [3.05, 3.63) is 35.5 Å². The third-order valence-corrected chi connectivity index (χ3v) is 7.63. The summed E-state index contributed by atoms with van der Waals surface area (Å²) in [7, 11) is 1.72. The summed E-state index contributed by atoms with van der Waals surface area (Å²) < 4.78 is 25.5. The number of anilines is 2. The van der Waals surface area contributed by atoms with Gasteiger partial charge in [-0.15, -0.1) is 0 Å². The van der Waals surface area contributed by atoms with E-state index in [1.807, 2.05) is 0 Å². The maximum Gasteiger partial charge on any atom is 0.152 e. The summed E-state index contributed by atoms with van der Waals surface area (Å²) in [5.74, 6) is 0.203. The van der Waals surface area contributed by atoms with E-state index < -0.39 is 11.2 Å². The average Bonchev–Trinajstić information content (AvgIpc) is 2.91. The van der Waals surface area contributed by atoms with Gasteiger partial charge in [-0.1, -0.05) is 11.6 Å². The van der Waals surface area contributed by atoms with Crippen molar-refractivity contribution in [3.63, 3.8) is 0 Å². The number of hydrogen-bond donors (Lipinski definition) is 3. The first-order valence-corrected chi connectivity index (χ1v) is 13.3. The zero-order valence-electron chi connectivity index (χ0n) is 21.5. The van der Waals surface area contributed by atoms with Crippen LogP contribution in [0.25, 0.3) is 11.1 Å². The molecule has 1 aliphatic carbocycles. The Morgan fingerprint density at radius 3 is 2.62 bits per heavy atom. The summed E-state index contributed by atoms with van der Waals surface area (Å²) in [6.45, 7) is 4.38. The Balaban J connectivity index is 1.41. The second kappa shape index (κ2) is 12.8. The number of methoxy groups -OCH3 is 1. The Hall–Kier alpha value is -2.51. The lowest BCUT2D eigenvalue weighted by molar-refractivity contribution is 0.0456. The maximum absolute atomic E-state index is 14.8. The Labute approximate surface area is 223 Å². The lowest BCUT2D eigenvalue weighted by atomic mass is 9.81. The number of rotatable bonds is 10. The first kappa shape index (κ1) is 27.5. The van der Waals surface area contributed by atoms with Gasteiger partial charge in [-0.2, -0.15) is 5.26 Å². The monoisotopic (exact) mass is 530 g/mol. The quantitative estimate of drug-likeness (QED) is 0.368. The van der Waals surface area contributed by atoms with Crippen LogP contribution < -0.4 is 16.0 Å². The molecule has 1 saturated carbocycles. The fraction of sp³-hybridized carbons (Fsp3) is 0.593. The van der Waals surface area contributed by atoms with Crippen molar-refractivity contribution < 1.29 is 13.9 Å². The molecule has 4 rings (SSSR count). The lowest BCUT2D eigenvalue weighted by Gasteiger charge is -2.32. The lowest BCUT2D eigenvalue weighted by Crippen LogP contribution is -2.42. The van der Waals surface area contributed by atoms with Crippen LogP contribution in [-0.2, 0) is 9.47 Å². The van der Waals surface area contributed by atoms with Gasteiger partial charge in [0.05, 0.1) is 30.0 Å². The molecule has 1 aliphatic heterocycles. The number of hydrogen-bond acceptors (Lipinski definition) is 8. The molecular formula is C27H36ClFN6O2. The van der Waals surface area contributed by atoms with Crippen LogP contribution >= 0.6 is 11.6 Å². The highest BCUT2D eigenvalue weighted by Gasteiger charge is 2.32. The van der Waals surface area contributed by atoms with Crippen LogP contribution in [0.5, 0.6) is 0 Å². The molecule has 0 aromatic carbocycles. The molecule has 10 heteroatoms. The van der Waals surface area contributed by atoms with E-state index in [1.54, 1.807) is 25.4 Å². The van der Waals surface area contributed by atoms with Crippen LogP contribution in [0, 0.1) is 22.6 Å². The van der Waals surface area contributed by atoms with Gasteiger partial charge < -0.3 is 25.4 Å². The van der Waals surface area contributed by atoms with Gasteiger partial charge in [0.25, 0.3) is 0 Å². The molecule has 2 aliphatic rings. The predicted molar refractivity (Wildman–Crippen MR) is 143 cm³/mol. The van der Waals surface area contributed by atoms with Gasteiger partial charge in [0.2, 0.25) is 0 Å². The molecule has 0 radical (unpaired) electrons. The zero-order valence-corrected chi connectivity index (χ0v) is 22.3. The van der Waals surface area contributed by atoms with Gasteiger partial charge in [0.1, 0.15) is 11.6 Å². The maximum atomic E-state index is 14.8. The molecule has 3 N–H and O–H groups in total. The molecule has 0 bridgehead atoms. The molecule has 200 valence electrons.